The smallest absolute Gasteiger partial charge is 0.267 e. The molecule has 1 fully saturated rings. The van der Waals surface area contributed by atoms with Crippen LogP contribution in [0.4, 0.5) is 16.2 Å². The van der Waals surface area contributed by atoms with Gasteiger partial charge in [0.1, 0.15) is 5.57 Å². The molecule has 0 saturated carbocycles. The van der Waals surface area contributed by atoms with Gasteiger partial charge in [-0.1, -0.05) is 12.1 Å². The van der Waals surface area contributed by atoms with E-state index in [9.17, 15) is 34.6 Å². The Kier molecular flexibility index (Phi) is 5.22. The Morgan fingerprint density at radius 2 is 1.41 bits per heavy atom. The van der Waals surface area contributed by atoms with Crippen molar-refractivity contribution in [3.8, 4) is 11.1 Å². The van der Waals surface area contributed by atoms with Gasteiger partial charge in [-0.05, 0) is 46.7 Å². The molecule has 0 radical (unpaired) electrons. The van der Waals surface area contributed by atoms with Gasteiger partial charge < -0.3 is 0 Å². The van der Waals surface area contributed by atoms with E-state index in [0.717, 1.165) is 32.5 Å². The standard InChI is InChI=1S/C19H12N4O7S2/c1-31-20-17(24)16(18(25)21(32-2)19(20)26)15-11-4-3-5-13(23(29)30)14(11)10-7-6-9(22(27)28)8-12(10)15/h3-8H,1-2H3. The van der Waals surface area contributed by atoms with Gasteiger partial charge in [-0.15, -0.1) is 0 Å². The predicted octanol–water partition coefficient (Wildman–Crippen LogP) is 3.63. The fraction of sp³-hybridized carbons (Fsp3) is 0.105. The summed E-state index contributed by atoms with van der Waals surface area (Å²) in [5, 5.41) is 23.1. The van der Waals surface area contributed by atoms with E-state index in [4.69, 9.17) is 0 Å². The van der Waals surface area contributed by atoms with Crippen molar-refractivity contribution in [3.63, 3.8) is 0 Å². The molecule has 1 saturated heterocycles. The monoisotopic (exact) mass is 472 g/mol. The second-order valence-corrected chi connectivity index (χ2v) is 8.00. The molecule has 0 aromatic heterocycles. The molecule has 2 aromatic rings. The predicted molar refractivity (Wildman–Crippen MR) is 117 cm³/mol. The van der Waals surface area contributed by atoms with Gasteiger partial charge in [0.15, 0.2) is 0 Å². The zero-order valence-electron chi connectivity index (χ0n) is 16.4. The molecule has 0 N–H and O–H groups in total. The number of barbiturate groups is 1. The molecule has 1 heterocycles. The molecule has 13 heteroatoms. The fourth-order valence-electron chi connectivity index (χ4n) is 3.76. The van der Waals surface area contributed by atoms with E-state index in [1.165, 1.54) is 48.9 Å². The number of nitrogens with zero attached hydrogens (tertiary/aromatic N) is 4. The summed E-state index contributed by atoms with van der Waals surface area (Å²) in [6.45, 7) is 0. The van der Waals surface area contributed by atoms with E-state index in [2.05, 4.69) is 0 Å². The van der Waals surface area contributed by atoms with Crippen LogP contribution in [0.1, 0.15) is 11.1 Å². The van der Waals surface area contributed by atoms with Gasteiger partial charge in [0.2, 0.25) is 0 Å². The second kappa shape index (κ2) is 7.76. The number of rotatable bonds is 4. The van der Waals surface area contributed by atoms with Gasteiger partial charge in [-0.3, -0.25) is 29.8 Å². The number of hydrogen-bond donors (Lipinski definition) is 0. The van der Waals surface area contributed by atoms with Crippen molar-refractivity contribution in [1.82, 2.24) is 8.61 Å². The van der Waals surface area contributed by atoms with Crippen LogP contribution < -0.4 is 0 Å². The number of benzene rings is 2. The minimum Gasteiger partial charge on any atom is -0.267 e. The zero-order valence-corrected chi connectivity index (χ0v) is 18.1. The van der Waals surface area contributed by atoms with Gasteiger partial charge in [0, 0.05) is 36.3 Å². The fourth-order valence-corrected chi connectivity index (χ4v) is 4.80. The van der Waals surface area contributed by atoms with Crippen LogP contribution in [-0.4, -0.2) is 48.8 Å². The van der Waals surface area contributed by atoms with Gasteiger partial charge >= 0.3 is 6.03 Å². The zero-order chi connectivity index (χ0) is 23.3. The van der Waals surface area contributed by atoms with Gasteiger partial charge in [-0.2, -0.15) is 8.61 Å². The Bertz CT molecular complexity index is 1260. The van der Waals surface area contributed by atoms with Gasteiger partial charge in [0.25, 0.3) is 23.2 Å². The third-order valence-electron chi connectivity index (χ3n) is 5.02. The molecule has 1 aliphatic heterocycles. The molecular weight excluding hydrogens is 460 g/mol. The Labute approximate surface area is 188 Å². The highest BCUT2D eigenvalue weighted by Gasteiger charge is 2.46. The van der Waals surface area contributed by atoms with Crippen LogP contribution >= 0.6 is 23.9 Å². The van der Waals surface area contributed by atoms with Crippen molar-refractivity contribution in [2.45, 2.75) is 0 Å². The summed E-state index contributed by atoms with van der Waals surface area (Å²) < 4.78 is 1.60. The number of nitro groups is 2. The number of urea groups is 1. The molecule has 11 nitrogen and oxygen atoms in total. The summed E-state index contributed by atoms with van der Waals surface area (Å²) in [6, 6.07) is 7.07. The summed E-state index contributed by atoms with van der Waals surface area (Å²) in [5.74, 6) is -1.80. The third-order valence-corrected chi connectivity index (χ3v) is 6.39. The van der Waals surface area contributed by atoms with Crippen molar-refractivity contribution < 1.29 is 24.2 Å². The minimum absolute atomic E-state index is 0.0167. The van der Waals surface area contributed by atoms with Crippen LogP contribution in [0, 0.1) is 20.2 Å². The first kappa shape index (κ1) is 21.5. The molecule has 1 aliphatic carbocycles. The molecule has 162 valence electrons. The third kappa shape index (κ3) is 2.97. The van der Waals surface area contributed by atoms with Crippen molar-refractivity contribution in [2.24, 2.45) is 0 Å². The maximum Gasteiger partial charge on any atom is 0.354 e. The number of nitro benzene ring substituents is 2. The van der Waals surface area contributed by atoms with Crippen LogP contribution in [-0.2, 0) is 9.59 Å². The van der Waals surface area contributed by atoms with Gasteiger partial charge in [-0.25, -0.2) is 4.79 Å². The van der Waals surface area contributed by atoms with Crippen LogP contribution in [0.15, 0.2) is 42.0 Å². The lowest BCUT2D eigenvalue weighted by molar-refractivity contribution is -0.385. The first-order valence-corrected chi connectivity index (χ1v) is 11.2. The second-order valence-electron chi connectivity index (χ2n) is 6.54. The molecule has 0 bridgehead atoms. The molecule has 4 amide bonds. The number of carbonyl (C=O) groups is 3. The summed E-state index contributed by atoms with van der Waals surface area (Å²) in [7, 11) is 0. The first-order chi connectivity index (χ1) is 15.2. The number of carbonyl (C=O) groups excluding carboxylic acids is 3. The first-order valence-electron chi connectivity index (χ1n) is 8.85. The maximum atomic E-state index is 13.2. The van der Waals surface area contributed by atoms with E-state index < -0.39 is 33.3 Å². The summed E-state index contributed by atoms with van der Waals surface area (Å²) in [6.07, 6.45) is 2.97. The van der Waals surface area contributed by atoms with Crippen LogP contribution in [0.2, 0.25) is 0 Å². The Morgan fingerprint density at radius 3 is 1.94 bits per heavy atom. The van der Waals surface area contributed by atoms with Crippen molar-refractivity contribution in [1.29, 1.82) is 0 Å². The molecule has 32 heavy (non-hydrogen) atoms. The Balaban J connectivity index is 2.14. The van der Waals surface area contributed by atoms with Crippen LogP contribution in [0.25, 0.3) is 16.7 Å². The molecule has 0 spiro atoms. The van der Waals surface area contributed by atoms with Crippen LogP contribution in [0.5, 0.6) is 0 Å². The summed E-state index contributed by atoms with van der Waals surface area (Å²) in [4.78, 5) is 60.7. The normalized spacial score (nSPS) is 15.2. The lowest BCUT2D eigenvalue weighted by Crippen LogP contribution is -2.50. The SMILES string of the molecule is CSN1C(=O)C(=C2c3cc([N+](=O)[O-])ccc3-c3c2cccc3[N+](=O)[O-])C(=O)N(SC)C1=O. The number of fused-ring (bicyclic) bond motifs is 3. The van der Waals surface area contributed by atoms with E-state index in [-0.39, 0.29) is 39.2 Å². The lowest BCUT2D eigenvalue weighted by atomic mass is 9.95. The quantitative estimate of drug-likeness (QED) is 0.183. The molecule has 2 aromatic carbocycles. The van der Waals surface area contributed by atoms with E-state index in [0.29, 0.717) is 0 Å². The molecule has 2 aliphatic rings. The number of non-ortho nitro benzene ring substituents is 1. The van der Waals surface area contributed by atoms with Gasteiger partial charge in [0.05, 0.1) is 15.4 Å². The minimum atomic E-state index is -0.899. The maximum absolute atomic E-state index is 13.2. The highest BCUT2D eigenvalue weighted by molar-refractivity contribution is 7.98. The Hall–Kier alpha value is -3.71. The van der Waals surface area contributed by atoms with Crippen molar-refractivity contribution in [2.75, 3.05) is 12.5 Å². The highest BCUT2D eigenvalue weighted by atomic mass is 32.2. The van der Waals surface area contributed by atoms with E-state index in [1.54, 1.807) is 0 Å². The molecular formula is C19H12N4O7S2. The summed E-state index contributed by atoms with van der Waals surface area (Å²) in [5.41, 5.74) is -0.189. The van der Waals surface area contributed by atoms with E-state index >= 15 is 0 Å². The van der Waals surface area contributed by atoms with E-state index in [1.807, 2.05) is 0 Å². The lowest BCUT2D eigenvalue weighted by Gasteiger charge is -2.31. The molecule has 0 unspecified atom stereocenters. The number of amides is 4. The summed E-state index contributed by atoms with van der Waals surface area (Å²) >= 11 is 1.60. The number of hydrogen-bond acceptors (Lipinski definition) is 9. The average molecular weight is 472 g/mol. The number of imide groups is 2. The van der Waals surface area contributed by atoms with Crippen LogP contribution in [0.3, 0.4) is 0 Å². The van der Waals surface area contributed by atoms with Crippen molar-refractivity contribution >= 4 is 58.7 Å². The largest absolute Gasteiger partial charge is 0.354 e. The highest BCUT2D eigenvalue weighted by Crippen LogP contribution is 2.51. The topological polar surface area (TPSA) is 144 Å². The van der Waals surface area contributed by atoms with Crippen molar-refractivity contribution in [3.05, 3.63) is 73.3 Å². The molecule has 4 rings (SSSR count). The average Bonchev–Trinajstić information content (AvgIpc) is 3.08. The Morgan fingerprint density at radius 1 is 0.781 bits per heavy atom. The molecule has 0 atom stereocenters.